The Morgan fingerprint density at radius 1 is 1.07 bits per heavy atom. The standard InChI is InChI=1S/C29H35N/c1-6-22(4)24(7-2)21-28(8-3)30-18-11-14-29(23(5)17-19-30)27-16-15-25-12-9-10-13-26(25)20-27/h8,11,14-21H,4-7,9-10,12-13H2,1-3H3/b18-11-,19-17-,24-21-,28-8+,29-14+. The van der Waals surface area contributed by atoms with Gasteiger partial charge >= 0.3 is 0 Å². The monoisotopic (exact) mass is 397 g/mol. The topological polar surface area (TPSA) is 3.24 Å². The summed E-state index contributed by atoms with van der Waals surface area (Å²) in [4.78, 5) is 2.16. The minimum atomic E-state index is 0.978. The average molecular weight is 398 g/mol. The zero-order valence-electron chi connectivity index (χ0n) is 18.9. The van der Waals surface area contributed by atoms with E-state index in [0.29, 0.717) is 0 Å². The van der Waals surface area contributed by atoms with Crippen molar-refractivity contribution in [1.82, 2.24) is 4.90 Å². The molecule has 0 amide bonds. The number of allylic oxidation sites excluding steroid dienone is 9. The van der Waals surface area contributed by atoms with Crippen LogP contribution in [0.25, 0.3) is 5.57 Å². The zero-order valence-corrected chi connectivity index (χ0v) is 18.9. The first kappa shape index (κ1) is 21.9. The zero-order chi connectivity index (χ0) is 21.5. The third-order valence-electron chi connectivity index (χ3n) is 6.13. The molecule has 0 radical (unpaired) electrons. The van der Waals surface area contributed by atoms with Gasteiger partial charge in [0, 0.05) is 18.1 Å². The summed E-state index contributed by atoms with van der Waals surface area (Å²) >= 11 is 0. The molecule has 0 fully saturated rings. The van der Waals surface area contributed by atoms with Crippen molar-refractivity contribution < 1.29 is 0 Å². The Kier molecular flexibility index (Phi) is 7.52. The molecule has 1 heteroatoms. The lowest BCUT2D eigenvalue weighted by Crippen LogP contribution is -2.09. The SMILES string of the molecule is C=C(CC)/C(=C\C(=C/C)N1/C=C\C=C(\c2ccc3c(c2)CCCC3)C(=C)/C=C\1)CC. The normalized spacial score (nSPS) is 21.2. The fourth-order valence-corrected chi connectivity index (χ4v) is 4.17. The lowest BCUT2D eigenvalue weighted by molar-refractivity contribution is 0.646. The molecule has 1 nitrogen and oxygen atoms in total. The van der Waals surface area contributed by atoms with Crippen LogP contribution in [0, 0.1) is 0 Å². The van der Waals surface area contributed by atoms with Crippen molar-refractivity contribution in [2.24, 2.45) is 0 Å². The predicted molar refractivity (Wildman–Crippen MR) is 132 cm³/mol. The molecule has 0 spiro atoms. The van der Waals surface area contributed by atoms with Gasteiger partial charge in [0.05, 0.1) is 0 Å². The van der Waals surface area contributed by atoms with E-state index < -0.39 is 0 Å². The highest BCUT2D eigenvalue weighted by molar-refractivity contribution is 5.82. The lowest BCUT2D eigenvalue weighted by Gasteiger charge is -2.21. The summed E-state index contributed by atoms with van der Waals surface area (Å²) in [5.74, 6) is 0. The molecule has 0 aromatic heterocycles. The van der Waals surface area contributed by atoms with E-state index >= 15 is 0 Å². The molecule has 30 heavy (non-hydrogen) atoms. The van der Waals surface area contributed by atoms with Gasteiger partial charge in [0.15, 0.2) is 0 Å². The number of hydrogen-bond donors (Lipinski definition) is 0. The van der Waals surface area contributed by atoms with E-state index in [0.717, 1.165) is 24.1 Å². The van der Waals surface area contributed by atoms with Crippen LogP contribution in [0.5, 0.6) is 0 Å². The molecule has 1 heterocycles. The molecule has 1 aromatic carbocycles. The van der Waals surface area contributed by atoms with Crippen molar-refractivity contribution in [2.75, 3.05) is 0 Å². The molecule has 1 aliphatic carbocycles. The summed E-state index contributed by atoms with van der Waals surface area (Å²) in [5.41, 5.74) is 10.2. The molecule has 0 saturated carbocycles. The van der Waals surface area contributed by atoms with E-state index in [1.54, 1.807) is 0 Å². The molecule has 0 atom stereocenters. The molecule has 0 unspecified atom stereocenters. The van der Waals surface area contributed by atoms with E-state index in [2.05, 4.69) is 99.8 Å². The Morgan fingerprint density at radius 3 is 2.53 bits per heavy atom. The number of benzene rings is 1. The summed E-state index contributed by atoms with van der Waals surface area (Å²) < 4.78 is 0. The van der Waals surface area contributed by atoms with Crippen molar-refractivity contribution in [2.45, 2.75) is 59.3 Å². The third kappa shape index (κ3) is 5.02. The first-order valence-corrected chi connectivity index (χ1v) is 11.3. The van der Waals surface area contributed by atoms with Crippen LogP contribution in [0.2, 0.25) is 0 Å². The largest absolute Gasteiger partial charge is 0.324 e. The van der Waals surface area contributed by atoms with Crippen LogP contribution in [-0.4, -0.2) is 4.90 Å². The van der Waals surface area contributed by atoms with Crippen molar-refractivity contribution >= 4 is 5.57 Å². The quantitative estimate of drug-likeness (QED) is 0.439. The summed E-state index contributed by atoms with van der Waals surface area (Å²) in [6.45, 7) is 15.0. The van der Waals surface area contributed by atoms with Gasteiger partial charge in [-0.2, -0.15) is 0 Å². The summed E-state index contributed by atoms with van der Waals surface area (Å²) in [5, 5.41) is 0. The van der Waals surface area contributed by atoms with Gasteiger partial charge in [-0.25, -0.2) is 0 Å². The van der Waals surface area contributed by atoms with E-state index in [1.807, 2.05) is 0 Å². The fraction of sp³-hybridized carbons (Fsp3) is 0.310. The van der Waals surface area contributed by atoms with Crippen LogP contribution in [0.1, 0.15) is 63.1 Å². The lowest BCUT2D eigenvalue weighted by atomic mass is 9.87. The first-order valence-electron chi connectivity index (χ1n) is 11.3. The van der Waals surface area contributed by atoms with E-state index in [9.17, 15) is 0 Å². The predicted octanol–water partition coefficient (Wildman–Crippen LogP) is 8.05. The van der Waals surface area contributed by atoms with E-state index in [4.69, 9.17) is 0 Å². The van der Waals surface area contributed by atoms with Crippen molar-refractivity contribution in [3.05, 3.63) is 113 Å². The van der Waals surface area contributed by atoms with Crippen LogP contribution >= 0.6 is 0 Å². The smallest absolute Gasteiger partial charge is 0.0409 e. The Labute approximate surface area is 183 Å². The molecule has 0 saturated heterocycles. The molecule has 3 rings (SSSR count). The van der Waals surface area contributed by atoms with Crippen molar-refractivity contribution in [3.63, 3.8) is 0 Å². The highest BCUT2D eigenvalue weighted by atomic mass is 15.1. The summed E-state index contributed by atoms with van der Waals surface area (Å²) in [6, 6.07) is 6.94. The molecule has 156 valence electrons. The van der Waals surface area contributed by atoms with Gasteiger partial charge in [-0.1, -0.05) is 62.9 Å². The highest BCUT2D eigenvalue weighted by Crippen LogP contribution is 2.30. The summed E-state index contributed by atoms with van der Waals surface area (Å²) in [6.07, 6.45) is 22.0. The number of aryl methyl sites for hydroxylation is 2. The summed E-state index contributed by atoms with van der Waals surface area (Å²) in [7, 11) is 0. The Balaban J connectivity index is 1.88. The molecule has 1 aromatic rings. The minimum Gasteiger partial charge on any atom is -0.324 e. The highest BCUT2D eigenvalue weighted by Gasteiger charge is 2.13. The van der Waals surface area contributed by atoms with Crippen molar-refractivity contribution in [1.29, 1.82) is 0 Å². The number of hydrogen-bond acceptors (Lipinski definition) is 1. The van der Waals surface area contributed by atoms with Gasteiger partial charge < -0.3 is 4.90 Å². The molecule has 0 bridgehead atoms. The number of nitrogens with zero attached hydrogens (tertiary/aromatic N) is 1. The Bertz CT molecular complexity index is 962. The molecular formula is C29H35N. The van der Waals surface area contributed by atoms with Gasteiger partial charge in [-0.05, 0) is 97.1 Å². The minimum absolute atomic E-state index is 0.978. The van der Waals surface area contributed by atoms with E-state index in [-0.39, 0.29) is 0 Å². The van der Waals surface area contributed by atoms with Crippen LogP contribution < -0.4 is 0 Å². The average Bonchev–Trinajstić information content (AvgIpc) is 2.77. The molecule has 2 aliphatic rings. The molecular weight excluding hydrogens is 362 g/mol. The number of fused-ring (bicyclic) bond motifs is 1. The maximum atomic E-state index is 4.36. The Hall–Kier alpha value is -2.80. The first-order chi connectivity index (χ1) is 14.6. The molecule has 1 aliphatic heterocycles. The maximum Gasteiger partial charge on any atom is 0.0409 e. The second-order valence-corrected chi connectivity index (χ2v) is 8.05. The van der Waals surface area contributed by atoms with Gasteiger partial charge in [0.25, 0.3) is 0 Å². The van der Waals surface area contributed by atoms with Crippen LogP contribution in [0.3, 0.4) is 0 Å². The second-order valence-electron chi connectivity index (χ2n) is 8.05. The van der Waals surface area contributed by atoms with Gasteiger partial charge in [0.1, 0.15) is 0 Å². The van der Waals surface area contributed by atoms with Crippen LogP contribution in [0.4, 0.5) is 0 Å². The number of rotatable bonds is 6. The van der Waals surface area contributed by atoms with Gasteiger partial charge in [-0.3, -0.25) is 0 Å². The Morgan fingerprint density at radius 2 is 1.83 bits per heavy atom. The fourth-order valence-electron chi connectivity index (χ4n) is 4.17. The van der Waals surface area contributed by atoms with Gasteiger partial charge in [0.2, 0.25) is 0 Å². The second kappa shape index (κ2) is 10.3. The molecule has 0 N–H and O–H groups in total. The van der Waals surface area contributed by atoms with Crippen LogP contribution in [0.15, 0.2) is 96.6 Å². The van der Waals surface area contributed by atoms with Crippen LogP contribution in [-0.2, 0) is 12.8 Å². The maximum absolute atomic E-state index is 4.36. The van der Waals surface area contributed by atoms with E-state index in [1.165, 1.54) is 59.1 Å². The van der Waals surface area contributed by atoms with Crippen molar-refractivity contribution in [3.8, 4) is 0 Å². The third-order valence-corrected chi connectivity index (χ3v) is 6.13. The van der Waals surface area contributed by atoms with Gasteiger partial charge in [-0.15, -0.1) is 0 Å².